The average molecular weight is 444 g/mol. The van der Waals surface area contributed by atoms with E-state index >= 15 is 0 Å². The SMILES string of the molecule is O=C(/C=C/c1cccc2ccccc12)c1cccc(NC(=O)c2cc(-c3ccncc3)n[nH]2)c1. The minimum atomic E-state index is -0.344. The molecule has 0 spiro atoms. The van der Waals surface area contributed by atoms with Gasteiger partial charge in [0.15, 0.2) is 5.78 Å². The second-order valence-corrected chi connectivity index (χ2v) is 7.70. The average Bonchev–Trinajstić information content (AvgIpc) is 3.39. The van der Waals surface area contributed by atoms with Crippen LogP contribution in [0.25, 0.3) is 28.1 Å². The van der Waals surface area contributed by atoms with Gasteiger partial charge in [0.05, 0.1) is 5.69 Å². The zero-order valence-electron chi connectivity index (χ0n) is 18.1. The quantitative estimate of drug-likeness (QED) is 0.257. The zero-order valence-corrected chi connectivity index (χ0v) is 18.1. The second-order valence-electron chi connectivity index (χ2n) is 7.70. The van der Waals surface area contributed by atoms with Crippen LogP contribution in [0.2, 0.25) is 0 Å². The molecular weight excluding hydrogens is 424 g/mol. The van der Waals surface area contributed by atoms with Crippen molar-refractivity contribution < 1.29 is 9.59 Å². The number of nitrogens with one attached hydrogen (secondary N) is 2. The third-order valence-corrected chi connectivity index (χ3v) is 5.44. The van der Waals surface area contributed by atoms with Crippen molar-refractivity contribution >= 4 is 34.2 Å². The number of nitrogens with zero attached hydrogens (tertiary/aromatic N) is 2. The number of allylic oxidation sites excluding steroid dienone is 1. The highest BCUT2D eigenvalue weighted by Gasteiger charge is 2.12. The van der Waals surface area contributed by atoms with Gasteiger partial charge in [0.25, 0.3) is 5.91 Å². The Labute approximate surface area is 196 Å². The van der Waals surface area contributed by atoms with Crippen LogP contribution in [0.1, 0.15) is 26.4 Å². The van der Waals surface area contributed by atoms with Crippen LogP contribution in [0.5, 0.6) is 0 Å². The molecule has 2 aromatic heterocycles. The van der Waals surface area contributed by atoms with Crippen LogP contribution in [0.3, 0.4) is 0 Å². The standard InChI is InChI=1S/C28H20N4O2/c33-27(12-11-20-7-3-6-19-5-1-2-10-24(19)20)22-8-4-9-23(17-22)30-28(34)26-18-25(31-32-26)21-13-15-29-16-14-21/h1-18H,(H,30,34)(H,31,32)/b12-11+. The number of carbonyl (C=O) groups excluding carboxylic acids is 2. The van der Waals surface area contributed by atoms with Gasteiger partial charge in [-0.15, -0.1) is 0 Å². The maximum atomic E-state index is 12.8. The van der Waals surface area contributed by atoms with Gasteiger partial charge in [-0.3, -0.25) is 19.7 Å². The van der Waals surface area contributed by atoms with Crippen LogP contribution in [-0.4, -0.2) is 26.9 Å². The molecule has 0 aliphatic heterocycles. The fourth-order valence-electron chi connectivity index (χ4n) is 3.71. The number of benzene rings is 3. The van der Waals surface area contributed by atoms with Crippen LogP contribution in [0.15, 0.2) is 103 Å². The van der Waals surface area contributed by atoms with Crippen molar-refractivity contribution in [3.63, 3.8) is 0 Å². The molecule has 0 atom stereocenters. The first-order valence-corrected chi connectivity index (χ1v) is 10.7. The van der Waals surface area contributed by atoms with Gasteiger partial charge in [-0.05, 0) is 52.7 Å². The molecule has 6 heteroatoms. The molecule has 3 aromatic carbocycles. The second kappa shape index (κ2) is 9.34. The van der Waals surface area contributed by atoms with E-state index < -0.39 is 0 Å². The van der Waals surface area contributed by atoms with E-state index in [0.717, 1.165) is 21.9 Å². The molecule has 164 valence electrons. The molecular formula is C28H20N4O2. The minimum Gasteiger partial charge on any atom is -0.321 e. The van der Waals surface area contributed by atoms with Gasteiger partial charge in [0.1, 0.15) is 5.69 Å². The number of amides is 1. The van der Waals surface area contributed by atoms with E-state index in [9.17, 15) is 9.59 Å². The first kappa shape index (κ1) is 21.0. The Morgan fingerprint density at radius 2 is 1.65 bits per heavy atom. The highest BCUT2D eigenvalue weighted by atomic mass is 16.2. The lowest BCUT2D eigenvalue weighted by molar-refractivity contribution is 0.101. The van der Waals surface area contributed by atoms with Crippen LogP contribution in [-0.2, 0) is 0 Å². The number of carbonyl (C=O) groups is 2. The molecule has 0 fully saturated rings. The van der Waals surface area contributed by atoms with Crippen molar-refractivity contribution in [2.24, 2.45) is 0 Å². The highest BCUT2D eigenvalue weighted by Crippen LogP contribution is 2.21. The summed E-state index contributed by atoms with van der Waals surface area (Å²) in [6.07, 6.45) is 6.71. The first-order valence-electron chi connectivity index (χ1n) is 10.7. The number of hydrogen-bond acceptors (Lipinski definition) is 4. The summed E-state index contributed by atoms with van der Waals surface area (Å²) in [4.78, 5) is 29.5. The van der Waals surface area contributed by atoms with E-state index in [2.05, 4.69) is 20.5 Å². The molecule has 5 aromatic rings. The summed E-state index contributed by atoms with van der Waals surface area (Å²) in [5, 5.41) is 12.0. The number of H-pyrrole nitrogens is 1. The van der Waals surface area contributed by atoms with Crippen molar-refractivity contribution in [3.8, 4) is 11.3 Å². The van der Waals surface area contributed by atoms with Crippen LogP contribution >= 0.6 is 0 Å². The zero-order chi connectivity index (χ0) is 23.3. The van der Waals surface area contributed by atoms with E-state index in [1.807, 2.05) is 60.7 Å². The number of hydrogen-bond donors (Lipinski definition) is 2. The molecule has 6 nitrogen and oxygen atoms in total. The largest absolute Gasteiger partial charge is 0.321 e. The minimum absolute atomic E-state index is 0.148. The normalized spacial score (nSPS) is 11.1. The summed E-state index contributed by atoms with van der Waals surface area (Å²) in [5.41, 5.74) is 3.80. The molecule has 1 amide bonds. The summed E-state index contributed by atoms with van der Waals surface area (Å²) >= 11 is 0. The van der Waals surface area contributed by atoms with Crippen molar-refractivity contribution in [2.45, 2.75) is 0 Å². The molecule has 5 rings (SSSR count). The summed E-state index contributed by atoms with van der Waals surface area (Å²) in [6, 6.07) is 26.2. The number of pyridine rings is 1. The molecule has 0 bridgehead atoms. The Balaban J connectivity index is 1.30. The summed E-state index contributed by atoms with van der Waals surface area (Å²) < 4.78 is 0. The molecule has 0 saturated carbocycles. The predicted molar refractivity (Wildman–Crippen MR) is 134 cm³/mol. The van der Waals surface area contributed by atoms with Gasteiger partial charge in [0, 0.05) is 29.2 Å². The van der Waals surface area contributed by atoms with Gasteiger partial charge < -0.3 is 5.32 Å². The maximum absolute atomic E-state index is 12.8. The van der Waals surface area contributed by atoms with Crippen molar-refractivity contribution in [2.75, 3.05) is 5.32 Å². The van der Waals surface area contributed by atoms with Gasteiger partial charge in [-0.1, -0.05) is 60.7 Å². The lowest BCUT2D eigenvalue weighted by Gasteiger charge is -2.05. The van der Waals surface area contributed by atoms with Gasteiger partial charge in [-0.2, -0.15) is 5.10 Å². The third kappa shape index (κ3) is 4.52. The molecule has 0 unspecified atom stereocenters. The van der Waals surface area contributed by atoms with E-state index in [0.29, 0.717) is 22.6 Å². The third-order valence-electron chi connectivity index (χ3n) is 5.44. The number of rotatable bonds is 6. The summed E-state index contributed by atoms with van der Waals surface area (Å²) in [5.74, 6) is -0.491. The molecule has 34 heavy (non-hydrogen) atoms. The maximum Gasteiger partial charge on any atom is 0.273 e. The summed E-state index contributed by atoms with van der Waals surface area (Å²) in [6.45, 7) is 0. The fourth-order valence-corrected chi connectivity index (χ4v) is 3.71. The topological polar surface area (TPSA) is 87.7 Å². The number of ketones is 1. The predicted octanol–water partition coefficient (Wildman–Crippen LogP) is 5.77. The van der Waals surface area contributed by atoms with Crippen LogP contribution < -0.4 is 5.32 Å². The lowest BCUT2D eigenvalue weighted by Crippen LogP contribution is -2.12. The Morgan fingerprint density at radius 3 is 2.53 bits per heavy atom. The van der Waals surface area contributed by atoms with E-state index in [1.54, 1.807) is 48.8 Å². The monoisotopic (exact) mass is 444 g/mol. The molecule has 2 N–H and O–H groups in total. The van der Waals surface area contributed by atoms with E-state index in [4.69, 9.17) is 0 Å². The molecule has 0 radical (unpaired) electrons. The Kier molecular flexibility index (Phi) is 5.78. The smallest absolute Gasteiger partial charge is 0.273 e. The fraction of sp³-hybridized carbons (Fsp3) is 0. The highest BCUT2D eigenvalue weighted by molar-refractivity contribution is 6.09. The Bertz CT molecular complexity index is 1510. The molecule has 2 heterocycles. The number of anilines is 1. The Morgan fingerprint density at radius 1 is 0.853 bits per heavy atom. The Hall–Kier alpha value is -4.84. The van der Waals surface area contributed by atoms with Crippen LogP contribution in [0.4, 0.5) is 5.69 Å². The number of fused-ring (bicyclic) bond motifs is 1. The summed E-state index contributed by atoms with van der Waals surface area (Å²) in [7, 11) is 0. The molecule has 0 saturated heterocycles. The van der Waals surface area contributed by atoms with Gasteiger partial charge in [0.2, 0.25) is 0 Å². The van der Waals surface area contributed by atoms with Crippen LogP contribution in [0, 0.1) is 0 Å². The van der Waals surface area contributed by atoms with Gasteiger partial charge in [-0.25, -0.2) is 0 Å². The first-order chi connectivity index (χ1) is 16.7. The lowest BCUT2D eigenvalue weighted by atomic mass is 10.0. The molecule has 0 aliphatic carbocycles. The van der Waals surface area contributed by atoms with Gasteiger partial charge >= 0.3 is 0 Å². The van der Waals surface area contributed by atoms with Crippen molar-refractivity contribution in [1.82, 2.24) is 15.2 Å². The molecule has 0 aliphatic rings. The number of aromatic nitrogens is 3. The van der Waals surface area contributed by atoms with E-state index in [-0.39, 0.29) is 11.7 Å². The van der Waals surface area contributed by atoms with Crippen molar-refractivity contribution in [3.05, 3.63) is 120 Å². The van der Waals surface area contributed by atoms with Crippen molar-refractivity contribution in [1.29, 1.82) is 0 Å². The number of aromatic amines is 1. The van der Waals surface area contributed by atoms with E-state index in [1.165, 1.54) is 0 Å².